The molecule has 0 fully saturated rings. The van der Waals surface area contributed by atoms with Gasteiger partial charge in [0, 0.05) is 37.1 Å². The Morgan fingerprint density at radius 3 is 2.95 bits per heavy atom. The average Bonchev–Trinajstić information content (AvgIpc) is 3.01. The Morgan fingerprint density at radius 2 is 2.10 bits per heavy atom. The molecular formula is C16H13N3O. The zero-order chi connectivity index (χ0) is 13.7. The van der Waals surface area contributed by atoms with Crippen molar-refractivity contribution in [3.05, 3.63) is 59.9 Å². The standard InChI is InChI=1S/C16H13N3O/c1-18-9-12-8-11(5-6-13(12)16(18)20)14-10-19-7-3-2-4-15(19)17-14/h2-8,10H,9H2,1H3. The van der Waals surface area contributed by atoms with Crippen molar-refractivity contribution in [3.8, 4) is 11.3 Å². The summed E-state index contributed by atoms with van der Waals surface area (Å²) in [4.78, 5) is 18.2. The third-order valence-corrected chi connectivity index (χ3v) is 3.75. The van der Waals surface area contributed by atoms with Crippen LogP contribution in [0.3, 0.4) is 0 Å². The molecule has 0 spiro atoms. The fourth-order valence-corrected chi connectivity index (χ4v) is 2.70. The molecule has 0 radical (unpaired) electrons. The topological polar surface area (TPSA) is 37.6 Å². The Labute approximate surface area is 116 Å². The lowest BCUT2D eigenvalue weighted by Crippen LogP contribution is -2.17. The highest BCUT2D eigenvalue weighted by atomic mass is 16.2. The molecule has 0 atom stereocenters. The van der Waals surface area contributed by atoms with E-state index in [0.29, 0.717) is 6.54 Å². The Kier molecular flexibility index (Phi) is 2.21. The molecule has 4 nitrogen and oxygen atoms in total. The second-order valence-electron chi connectivity index (χ2n) is 5.13. The van der Waals surface area contributed by atoms with Crippen LogP contribution in [0.15, 0.2) is 48.8 Å². The lowest BCUT2D eigenvalue weighted by Gasteiger charge is -2.04. The van der Waals surface area contributed by atoms with Crippen LogP contribution in [0.25, 0.3) is 16.9 Å². The number of benzene rings is 1. The SMILES string of the molecule is CN1Cc2cc(-c3cn4ccccc4n3)ccc2C1=O. The van der Waals surface area contributed by atoms with Crippen LogP contribution in [0.5, 0.6) is 0 Å². The summed E-state index contributed by atoms with van der Waals surface area (Å²) in [6.45, 7) is 0.676. The van der Waals surface area contributed by atoms with Gasteiger partial charge in [-0.25, -0.2) is 4.98 Å². The van der Waals surface area contributed by atoms with Crippen molar-refractivity contribution in [3.63, 3.8) is 0 Å². The number of carbonyl (C=O) groups excluding carboxylic acids is 1. The van der Waals surface area contributed by atoms with Crippen molar-refractivity contribution in [2.45, 2.75) is 6.54 Å². The quantitative estimate of drug-likeness (QED) is 0.676. The molecule has 0 saturated carbocycles. The van der Waals surface area contributed by atoms with E-state index in [9.17, 15) is 4.79 Å². The molecule has 0 unspecified atom stereocenters. The molecule has 1 aliphatic heterocycles. The summed E-state index contributed by atoms with van der Waals surface area (Å²) in [6.07, 6.45) is 3.99. The highest BCUT2D eigenvalue weighted by molar-refractivity contribution is 5.98. The molecule has 0 aliphatic carbocycles. The summed E-state index contributed by atoms with van der Waals surface area (Å²) >= 11 is 0. The summed E-state index contributed by atoms with van der Waals surface area (Å²) in [6, 6.07) is 11.9. The van der Waals surface area contributed by atoms with Gasteiger partial charge in [-0.2, -0.15) is 0 Å². The van der Waals surface area contributed by atoms with E-state index in [1.165, 1.54) is 0 Å². The van der Waals surface area contributed by atoms with E-state index in [-0.39, 0.29) is 5.91 Å². The van der Waals surface area contributed by atoms with Crippen molar-refractivity contribution in [2.24, 2.45) is 0 Å². The van der Waals surface area contributed by atoms with E-state index < -0.39 is 0 Å². The van der Waals surface area contributed by atoms with E-state index in [0.717, 1.165) is 28.0 Å². The number of hydrogen-bond donors (Lipinski definition) is 0. The fraction of sp³-hybridized carbons (Fsp3) is 0.125. The average molecular weight is 263 g/mol. The molecule has 3 heterocycles. The molecule has 3 aromatic rings. The molecule has 98 valence electrons. The number of fused-ring (bicyclic) bond motifs is 2. The molecule has 1 amide bonds. The molecule has 0 saturated heterocycles. The number of nitrogens with zero attached hydrogens (tertiary/aromatic N) is 3. The lowest BCUT2D eigenvalue weighted by atomic mass is 10.0. The molecule has 0 N–H and O–H groups in total. The van der Waals surface area contributed by atoms with Gasteiger partial charge in [-0.1, -0.05) is 12.1 Å². The number of amides is 1. The predicted octanol–water partition coefficient (Wildman–Crippen LogP) is 2.59. The molecular weight excluding hydrogens is 250 g/mol. The molecule has 20 heavy (non-hydrogen) atoms. The van der Waals surface area contributed by atoms with Crippen molar-refractivity contribution in [2.75, 3.05) is 7.05 Å². The van der Waals surface area contributed by atoms with Crippen LogP contribution in [0.1, 0.15) is 15.9 Å². The van der Waals surface area contributed by atoms with Gasteiger partial charge < -0.3 is 9.30 Å². The van der Waals surface area contributed by atoms with Gasteiger partial charge >= 0.3 is 0 Å². The van der Waals surface area contributed by atoms with Crippen LogP contribution in [-0.4, -0.2) is 27.2 Å². The summed E-state index contributed by atoms with van der Waals surface area (Å²) < 4.78 is 2.00. The normalized spacial score (nSPS) is 14.1. The summed E-state index contributed by atoms with van der Waals surface area (Å²) in [7, 11) is 1.83. The Bertz CT molecular complexity index is 802. The van der Waals surface area contributed by atoms with Crippen molar-refractivity contribution in [1.29, 1.82) is 0 Å². The number of imidazole rings is 1. The number of rotatable bonds is 1. The van der Waals surface area contributed by atoms with Gasteiger partial charge in [-0.3, -0.25) is 4.79 Å². The predicted molar refractivity (Wildman–Crippen MR) is 76.4 cm³/mol. The van der Waals surface area contributed by atoms with Crippen LogP contribution in [0.2, 0.25) is 0 Å². The van der Waals surface area contributed by atoms with Gasteiger partial charge in [-0.05, 0) is 29.8 Å². The van der Waals surface area contributed by atoms with Crippen LogP contribution in [0, 0.1) is 0 Å². The Morgan fingerprint density at radius 1 is 1.20 bits per heavy atom. The summed E-state index contributed by atoms with van der Waals surface area (Å²) in [5.41, 5.74) is 4.79. The number of carbonyl (C=O) groups is 1. The van der Waals surface area contributed by atoms with E-state index in [2.05, 4.69) is 11.1 Å². The minimum atomic E-state index is 0.0987. The molecule has 4 heteroatoms. The Hall–Kier alpha value is -2.62. The third-order valence-electron chi connectivity index (χ3n) is 3.75. The minimum Gasteiger partial charge on any atom is -0.337 e. The molecule has 1 aromatic carbocycles. The van der Waals surface area contributed by atoms with Gasteiger partial charge in [0.1, 0.15) is 5.65 Å². The number of hydrogen-bond acceptors (Lipinski definition) is 2. The zero-order valence-electron chi connectivity index (χ0n) is 11.1. The molecule has 1 aliphatic rings. The van der Waals surface area contributed by atoms with Crippen LogP contribution in [-0.2, 0) is 6.54 Å². The van der Waals surface area contributed by atoms with Gasteiger partial charge in [0.2, 0.25) is 0 Å². The number of aromatic nitrogens is 2. The lowest BCUT2D eigenvalue weighted by molar-refractivity contribution is 0.0816. The molecule has 2 aromatic heterocycles. The highest BCUT2D eigenvalue weighted by Crippen LogP contribution is 2.27. The van der Waals surface area contributed by atoms with Crippen LogP contribution in [0.4, 0.5) is 0 Å². The zero-order valence-corrected chi connectivity index (χ0v) is 11.1. The number of pyridine rings is 1. The first kappa shape index (κ1) is 11.2. The maximum Gasteiger partial charge on any atom is 0.254 e. The summed E-state index contributed by atoms with van der Waals surface area (Å²) in [5, 5.41) is 0. The van der Waals surface area contributed by atoms with Gasteiger partial charge in [0.15, 0.2) is 0 Å². The minimum absolute atomic E-state index is 0.0987. The highest BCUT2D eigenvalue weighted by Gasteiger charge is 2.24. The van der Waals surface area contributed by atoms with Gasteiger partial charge in [-0.15, -0.1) is 0 Å². The second-order valence-corrected chi connectivity index (χ2v) is 5.13. The Balaban J connectivity index is 1.83. The van der Waals surface area contributed by atoms with E-state index in [1.807, 2.05) is 54.2 Å². The monoisotopic (exact) mass is 263 g/mol. The van der Waals surface area contributed by atoms with Crippen molar-refractivity contribution in [1.82, 2.24) is 14.3 Å². The maximum absolute atomic E-state index is 11.9. The molecule has 4 rings (SSSR count). The maximum atomic E-state index is 11.9. The van der Waals surface area contributed by atoms with Crippen LogP contribution < -0.4 is 0 Å². The fourth-order valence-electron chi connectivity index (χ4n) is 2.70. The first-order valence-electron chi connectivity index (χ1n) is 6.55. The summed E-state index contributed by atoms with van der Waals surface area (Å²) in [5.74, 6) is 0.0987. The first-order chi connectivity index (χ1) is 9.72. The van der Waals surface area contributed by atoms with Crippen molar-refractivity contribution >= 4 is 11.6 Å². The molecule has 0 bridgehead atoms. The smallest absolute Gasteiger partial charge is 0.254 e. The second kappa shape index (κ2) is 3.93. The largest absolute Gasteiger partial charge is 0.337 e. The van der Waals surface area contributed by atoms with Gasteiger partial charge in [0.05, 0.1) is 5.69 Å². The van der Waals surface area contributed by atoms with E-state index in [4.69, 9.17) is 0 Å². The first-order valence-corrected chi connectivity index (χ1v) is 6.55. The van der Waals surface area contributed by atoms with Crippen molar-refractivity contribution < 1.29 is 4.79 Å². The van der Waals surface area contributed by atoms with E-state index in [1.54, 1.807) is 4.90 Å². The third kappa shape index (κ3) is 1.54. The van der Waals surface area contributed by atoms with E-state index >= 15 is 0 Å². The van der Waals surface area contributed by atoms with Gasteiger partial charge in [0.25, 0.3) is 5.91 Å². The van der Waals surface area contributed by atoms with Crippen LogP contribution >= 0.6 is 0 Å².